The minimum atomic E-state index is -0.854. The summed E-state index contributed by atoms with van der Waals surface area (Å²) in [6, 6.07) is 2.20. The van der Waals surface area contributed by atoms with Crippen LogP contribution >= 0.6 is 12.4 Å². The van der Waals surface area contributed by atoms with Crippen molar-refractivity contribution in [1.82, 2.24) is 0 Å². The molecule has 0 aliphatic rings. The molecule has 0 atom stereocenters. The Balaban J connectivity index is 0.00000121. The van der Waals surface area contributed by atoms with Gasteiger partial charge in [-0.15, -0.1) is 12.4 Å². The first-order chi connectivity index (χ1) is 5.16. The lowest BCUT2D eigenvalue weighted by Gasteiger charge is -2.03. The Bertz CT molecular complexity index is 280. The Hall–Kier alpha value is -1.03. The lowest BCUT2D eigenvalue weighted by atomic mass is 10.3. The number of halogens is 3. The number of hydrogen-bond donors (Lipinski definition) is 1. The van der Waals surface area contributed by atoms with E-state index in [9.17, 15) is 8.78 Å². The molecule has 68 valence electrons. The quantitative estimate of drug-likeness (QED) is 0.696. The summed E-state index contributed by atoms with van der Waals surface area (Å²) in [6.07, 6.45) is 0. The molecule has 0 spiro atoms. The van der Waals surface area contributed by atoms with Crippen LogP contribution in [0.3, 0.4) is 0 Å². The number of benzene rings is 1. The van der Waals surface area contributed by atoms with Gasteiger partial charge in [0.1, 0.15) is 0 Å². The SMILES string of the molecule is COc1c(F)ccc(N)c1F.Cl. The van der Waals surface area contributed by atoms with Gasteiger partial charge in [-0.05, 0) is 12.1 Å². The monoisotopic (exact) mass is 195 g/mol. The van der Waals surface area contributed by atoms with E-state index in [1.807, 2.05) is 0 Å². The van der Waals surface area contributed by atoms with Crippen molar-refractivity contribution in [3.63, 3.8) is 0 Å². The van der Waals surface area contributed by atoms with E-state index in [2.05, 4.69) is 4.74 Å². The lowest BCUT2D eigenvalue weighted by Crippen LogP contribution is -1.97. The summed E-state index contributed by atoms with van der Waals surface area (Å²) in [6.45, 7) is 0. The van der Waals surface area contributed by atoms with Crippen molar-refractivity contribution in [2.75, 3.05) is 12.8 Å². The second-order valence-electron chi connectivity index (χ2n) is 1.98. The molecule has 5 heteroatoms. The van der Waals surface area contributed by atoms with Gasteiger partial charge < -0.3 is 10.5 Å². The van der Waals surface area contributed by atoms with E-state index in [0.29, 0.717) is 0 Å². The van der Waals surface area contributed by atoms with Crippen molar-refractivity contribution >= 4 is 18.1 Å². The van der Waals surface area contributed by atoms with E-state index in [1.165, 1.54) is 7.11 Å². The Morgan fingerprint density at radius 1 is 1.33 bits per heavy atom. The fourth-order valence-electron chi connectivity index (χ4n) is 0.735. The largest absolute Gasteiger partial charge is 0.491 e. The molecule has 0 radical (unpaired) electrons. The van der Waals surface area contributed by atoms with Gasteiger partial charge in [0.05, 0.1) is 12.8 Å². The van der Waals surface area contributed by atoms with E-state index in [4.69, 9.17) is 5.73 Å². The smallest absolute Gasteiger partial charge is 0.192 e. The zero-order valence-electron chi connectivity index (χ0n) is 6.30. The van der Waals surface area contributed by atoms with Crippen LogP contribution in [0.2, 0.25) is 0 Å². The molecule has 0 aromatic heterocycles. The minimum absolute atomic E-state index is 0. The van der Waals surface area contributed by atoms with E-state index >= 15 is 0 Å². The molecule has 12 heavy (non-hydrogen) atoms. The number of methoxy groups -OCH3 is 1. The van der Waals surface area contributed by atoms with Crippen molar-refractivity contribution in [2.45, 2.75) is 0 Å². The highest BCUT2D eigenvalue weighted by molar-refractivity contribution is 5.85. The normalized spacial score (nSPS) is 8.92. The third-order valence-electron chi connectivity index (χ3n) is 1.28. The van der Waals surface area contributed by atoms with E-state index in [0.717, 1.165) is 12.1 Å². The van der Waals surface area contributed by atoms with Gasteiger partial charge in [0.15, 0.2) is 17.4 Å². The molecule has 0 bridgehead atoms. The van der Waals surface area contributed by atoms with Crippen molar-refractivity contribution in [1.29, 1.82) is 0 Å². The summed E-state index contributed by atoms with van der Waals surface area (Å²) in [5.41, 5.74) is 5.02. The van der Waals surface area contributed by atoms with Crippen LogP contribution in [0.15, 0.2) is 12.1 Å². The van der Waals surface area contributed by atoms with Crippen LogP contribution in [0, 0.1) is 11.6 Å². The number of rotatable bonds is 1. The maximum Gasteiger partial charge on any atom is 0.192 e. The van der Waals surface area contributed by atoms with Gasteiger partial charge in [0.25, 0.3) is 0 Å². The molecular weight excluding hydrogens is 188 g/mol. The van der Waals surface area contributed by atoms with Crippen LogP contribution in [0.5, 0.6) is 5.75 Å². The summed E-state index contributed by atoms with van der Waals surface area (Å²) in [4.78, 5) is 0. The Morgan fingerprint density at radius 2 is 1.92 bits per heavy atom. The van der Waals surface area contributed by atoms with Gasteiger partial charge in [0, 0.05) is 0 Å². The van der Waals surface area contributed by atoms with Crippen LogP contribution in [-0.2, 0) is 0 Å². The first-order valence-corrected chi connectivity index (χ1v) is 2.94. The third kappa shape index (κ3) is 1.76. The molecule has 1 rings (SSSR count). The second kappa shape index (κ2) is 4.11. The summed E-state index contributed by atoms with van der Waals surface area (Å²) < 4.78 is 29.8. The highest BCUT2D eigenvalue weighted by Crippen LogP contribution is 2.25. The molecule has 2 nitrogen and oxygen atoms in total. The van der Waals surface area contributed by atoms with Crippen molar-refractivity contribution in [3.05, 3.63) is 23.8 Å². The summed E-state index contributed by atoms with van der Waals surface area (Å²) >= 11 is 0. The molecule has 0 aliphatic carbocycles. The van der Waals surface area contributed by atoms with Crippen LogP contribution < -0.4 is 10.5 Å². The standard InChI is InChI=1S/C7H7F2NO.ClH/c1-11-7-4(8)2-3-5(10)6(7)9;/h2-3H,10H2,1H3;1H. The maximum absolute atomic E-state index is 12.8. The lowest BCUT2D eigenvalue weighted by molar-refractivity contribution is 0.361. The van der Waals surface area contributed by atoms with Crippen molar-refractivity contribution in [3.8, 4) is 5.75 Å². The average molecular weight is 196 g/mol. The fourth-order valence-corrected chi connectivity index (χ4v) is 0.735. The van der Waals surface area contributed by atoms with Gasteiger partial charge in [-0.2, -0.15) is 0 Å². The number of nitrogens with two attached hydrogens (primary N) is 1. The number of hydrogen-bond acceptors (Lipinski definition) is 2. The average Bonchev–Trinajstić information content (AvgIpc) is 1.99. The Labute approximate surface area is 74.7 Å². The predicted molar refractivity (Wildman–Crippen MR) is 44.6 cm³/mol. The third-order valence-corrected chi connectivity index (χ3v) is 1.28. The number of nitrogen functional groups attached to an aromatic ring is 1. The topological polar surface area (TPSA) is 35.2 Å². The van der Waals surface area contributed by atoms with Gasteiger partial charge in [-0.1, -0.05) is 0 Å². The Morgan fingerprint density at radius 3 is 2.33 bits per heavy atom. The highest BCUT2D eigenvalue weighted by atomic mass is 35.5. The van der Waals surface area contributed by atoms with Crippen LogP contribution in [0.1, 0.15) is 0 Å². The molecule has 0 saturated carbocycles. The summed E-state index contributed by atoms with van der Waals surface area (Å²) in [5.74, 6) is -2.04. The van der Waals surface area contributed by atoms with Gasteiger partial charge >= 0.3 is 0 Å². The molecule has 1 aromatic carbocycles. The van der Waals surface area contributed by atoms with Crippen LogP contribution in [0.25, 0.3) is 0 Å². The molecule has 2 N–H and O–H groups in total. The second-order valence-corrected chi connectivity index (χ2v) is 1.98. The van der Waals surface area contributed by atoms with E-state index in [-0.39, 0.29) is 18.1 Å². The highest BCUT2D eigenvalue weighted by Gasteiger charge is 2.11. The molecular formula is C7H8ClF2NO. The first-order valence-electron chi connectivity index (χ1n) is 2.94. The molecule has 0 fully saturated rings. The van der Waals surface area contributed by atoms with E-state index < -0.39 is 17.4 Å². The zero-order valence-corrected chi connectivity index (χ0v) is 7.12. The molecule has 0 heterocycles. The van der Waals surface area contributed by atoms with Gasteiger partial charge in [-0.25, -0.2) is 8.78 Å². The van der Waals surface area contributed by atoms with E-state index in [1.54, 1.807) is 0 Å². The van der Waals surface area contributed by atoms with Crippen LogP contribution in [0.4, 0.5) is 14.5 Å². The predicted octanol–water partition coefficient (Wildman–Crippen LogP) is 1.98. The van der Waals surface area contributed by atoms with Gasteiger partial charge in [-0.3, -0.25) is 0 Å². The maximum atomic E-state index is 12.8. The Kier molecular flexibility index (Phi) is 3.76. The molecule has 1 aromatic rings. The molecule has 0 amide bonds. The molecule has 0 unspecified atom stereocenters. The van der Waals surface area contributed by atoms with Crippen molar-refractivity contribution in [2.24, 2.45) is 0 Å². The van der Waals surface area contributed by atoms with Crippen molar-refractivity contribution < 1.29 is 13.5 Å². The number of ether oxygens (including phenoxy) is 1. The first kappa shape index (κ1) is 11.0. The minimum Gasteiger partial charge on any atom is -0.491 e. The fraction of sp³-hybridized carbons (Fsp3) is 0.143. The molecule has 0 aliphatic heterocycles. The zero-order chi connectivity index (χ0) is 8.43. The van der Waals surface area contributed by atoms with Crippen LogP contribution in [-0.4, -0.2) is 7.11 Å². The summed E-state index contributed by atoms with van der Waals surface area (Å²) in [5, 5.41) is 0. The molecule has 0 saturated heterocycles. The van der Waals surface area contributed by atoms with Gasteiger partial charge in [0.2, 0.25) is 0 Å². The summed E-state index contributed by atoms with van der Waals surface area (Å²) in [7, 11) is 1.18. The number of anilines is 1.